The fourth-order valence-electron chi connectivity index (χ4n) is 2.09. The Hall–Kier alpha value is 0.920. The highest BCUT2D eigenvalue weighted by molar-refractivity contribution is 9.09. The first-order valence-electron chi connectivity index (χ1n) is 5.88. The third kappa shape index (κ3) is 3.71. The summed E-state index contributed by atoms with van der Waals surface area (Å²) < 4.78 is 5.69. The van der Waals surface area contributed by atoms with E-state index < -0.39 is 0 Å². The van der Waals surface area contributed by atoms with Crippen molar-refractivity contribution in [3.63, 3.8) is 0 Å². The van der Waals surface area contributed by atoms with Crippen LogP contribution >= 0.6 is 31.9 Å². The first-order valence-corrected chi connectivity index (χ1v) is 8.12. The normalized spacial score (nSPS) is 22.6. The number of ether oxygens (including phenoxy) is 1. The van der Waals surface area contributed by atoms with E-state index in [1.165, 1.54) is 25.7 Å². The van der Waals surface area contributed by atoms with Gasteiger partial charge in [0, 0.05) is 17.3 Å². The first-order chi connectivity index (χ1) is 7.14. The van der Waals surface area contributed by atoms with Gasteiger partial charge >= 0.3 is 0 Å². The Balaban J connectivity index is 2.42. The van der Waals surface area contributed by atoms with E-state index in [1.807, 2.05) is 0 Å². The SMILES string of the molecule is CC(C)C(CBr)(CBr)CCC1CCCO1. The molecule has 0 aromatic heterocycles. The van der Waals surface area contributed by atoms with Crippen molar-refractivity contribution in [2.24, 2.45) is 11.3 Å². The highest BCUT2D eigenvalue weighted by Crippen LogP contribution is 2.38. The van der Waals surface area contributed by atoms with E-state index >= 15 is 0 Å². The van der Waals surface area contributed by atoms with Crippen molar-refractivity contribution in [1.82, 2.24) is 0 Å². The molecule has 1 fully saturated rings. The molecule has 0 radical (unpaired) electrons. The van der Waals surface area contributed by atoms with Crippen LogP contribution in [0.4, 0.5) is 0 Å². The predicted molar refractivity (Wildman–Crippen MR) is 73.1 cm³/mol. The fourth-order valence-corrected chi connectivity index (χ4v) is 4.87. The number of hydrogen-bond acceptors (Lipinski definition) is 1. The molecule has 1 rings (SSSR count). The molecule has 1 heterocycles. The van der Waals surface area contributed by atoms with Gasteiger partial charge in [0.15, 0.2) is 0 Å². The van der Waals surface area contributed by atoms with Crippen LogP contribution in [0.25, 0.3) is 0 Å². The molecule has 1 saturated heterocycles. The van der Waals surface area contributed by atoms with Crippen LogP contribution in [0.5, 0.6) is 0 Å². The fraction of sp³-hybridized carbons (Fsp3) is 1.00. The lowest BCUT2D eigenvalue weighted by atomic mass is 9.76. The van der Waals surface area contributed by atoms with E-state index in [1.54, 1.807) is 0 Å². The van der Waals surface area contributed by atoms with Crippen LogP contribution in [-0.2, 0) is 4.74 Å². The second kappa shape index (κ2) is 6.61. The molecule has 0 bridgehead atoms. The molecule has 0 saturated carbocycles. The topological polar surface area (TPSA) is 9.23 Å². The second-order valence-corrected chi connectivity index (χ2v) is 6.08. The smallest absolute Gasteiger partial charge is 0.0576 e. The van der Waals surface area contributed by atoms with E-state index in [4.69, 9.17) is 4.74 Å². The van der Waals surface area contributed by atoms with Gasteiger partial charge in [-0.3, -0.25) is 0 Å². The Labute approximate surface area is 111 Å². The summed E-state index contributed by atoms with van der Waals surface area (Å²) in [5, 5.41) is 2.16. The van der Waals surface area contributed by atoms with Gasteiger partial charge in [0.05, 0.1) is 6.10 Å². The number of alkyl halides is 2. The largest absolute Gasteiger partial charge is 0.378 e. The molecule has 0 aliphatic carbocycles. The maximum absolute atomic E-state index is 5.69. The van der Waals surface area contributed by atoms with Crippen LogP contribution in [-0.4, -0.2) is 23.4 Å². The summed E-state index contributed by atoms with van der Waals surface area (Å²) in [5.74, 6) is 0.706. The summed E-state index contributed by atoms with van der Waals surface area (Å²) >= 11 is 7.35. The van der Waals surface area contributed by atoms with Crippen LogP contribution in [0.3, 0.4) is 0 Å². The van der Waals surface area contributed by atoms with Crippen LogP contribution in [0.2, 0.25) is 0 Å². The highest BCUT2D eigenvalue weighted by atomic mass is 79.9. The lowest BCUT2D eigenvalue weighted by Gasteiger charge is -2.35. The van der Waals surface area contributed by atoms with Crippen LogP contribution in [0, 0.1) is 11.3 Å². The van der Waals surface area contributed by atoms with Crippen LogP contribution in [0.1, 0.15) is 39.5 Å². The zero-order valence-corrected chi connectivity index (χ0v) is 12.9. The average molecular weight is 342 g/mol. The molecule has 0 amide bonds. The van der Waals surface area contributed by atoms with Gasteiger partial charge in [0.2, 0.25) is 0 Å². The van der Waals surface area contributed by atoms with Crippen molar-refractivity contribution < 1.29 is 4.74 Å². The lowest BCUT2D eigenvalue weighted by Crippen LogP contribution is -2.32. The van der Waals surface area contributed by atoms with E-state index in [2.05, 4.69) is 45.7 Å². The van der Waals surface area contributed by atoms with Gasteiger partial charge in [0.1, 0.15) is 0 Å². The van der Waals surface area contributed by atoms with Gasteiger partial charge in [-0.25, -0.2) is 0 Å². The molecule has 15 heavy (non-hydrogen) atoms. The summed E-state index contributed by atoms with van der Waals surface area (Å²) in [6, 6.07) is 0. The minimum Gasteiger partial charge on any atom is -0.378 e. The van der Waals surface area contributed by atoms with Gasteiger partial charge in [-0.1, -0.05) is 45.7 Å². The summed E-state index contributed by atoms with van der Waals surface area (Å²) in [7, 11) is 0. The van der Waals surface area contributed by atoms with Crippen LogP contribution in [0.15, 0.2) is 0 Å². The zero-order valence-electron chi connectivity index (χ0n) is 9.77. The molecule has 90 valence electrons. The predicted octanol–water partition coefficient (Wildman–Crippen LogP) is 4.38. The van der Waals surface area contributed by atoms with E-state index in [9.17, 15) is 0 Å². The van der Waals surface area contributed by atoms with E-state index in [0.717, 1.165) is 17.3 Å². The van der Waals surface area contributed by atoms with Gasteiger partial charge in [-0.05, 0) is 37.0 Å². The van der Waals surface area contributed by atoms with Gasteiger partial charge in [-0.15, -0.1) is 0 Å². The second-order valence-electron chi connectivity index (χ2n) is 4.96. The molecule has 0 aromatic rings. The van der Waals surface area contributed by atoms with Crippen molar-refractivity contribution in [3.8, 4) is 0 Å². The molecule has 0 aromatic carbocycles. The minimum absolute atomic E-state index is 0.395. The summed E-state index contributed by atoms with van der Waals surface area (Å²) in [4.78, 5) is 0. The molecule has 1 aliphatic heterocycles. The third-order valence-electron chi connectivity index (χ3n) is 3.75. The molecule has 1 nitrogen and oxygen atoms in total. The number of halogens is 2. The minimum atomic E-state index is 0.395. The first kappa shape index (κ1) is 14.0. The molecular weight excluding hydrogens is 320 g/mol. The molecule has 1 atom stereocenters. The van der Waals surface area contributed by atoms with Gasteiger partial charge < -0.3 is 4.74 Å². The molecule has 1 unspecified atom stereocenters. The quantitative estimate of drug-likeness (QED) is 0.651. The van der Waals surface area contributed by atoms with Crippen molar-refractivity contribution in [2.45, 2.75) is 45.6 Å². The van der Waals surface area contributed by atoms with Crippen LogP contribution < -0.4 is 0 Å². The molecule has 0 N–H and O–H groups in total. The highest BCUT2D eigenvalue weighted by Gasteiger charge is 2.32. The van der Waals surface area contributed by atoms with Crippen molar-refractivity contribution in [2.75, 3.05) is 17.3 Å². The van der Waals surface area contributed by atoms with Gasteiger partial charge in [-0.2, -0.15) is 0 Å². The Kier molecular flexibility index (Phi) is 6.16. The lowest BCUT2D eigenvalue weighted by molar-refractivity contribution is 0.0868. The van der Waals surface area contributed by atoms with Crippen molar-refractivity contribution in [1.29, 1.82) is 0 Å². The monoisotopic (exact) mass is 340 g/mol. The van der Waals surface area contributed by atoms with E-state index in [-0.39, 0.29) is 0 Å². The molecule has 0 spiro atoms. The maximum atomic E-state index is 5.69. The Morgan fingerprint density at radius 2 is 2.00 bits per heavy atom. The Morgan fingerprint density at radius 1 is 1.33 bits per heavy atom. The molecule has 3 heteroatoms. The third-order valence-corrected chi connectivity index (χ3v) is 5.98. The maximum Gasteiger partial charge on any atom is 0.0576 e. The summed E-state index contributed by atoms with van der Waals surface area (Å²) in [5.41, 5.74) is 0.395. The van der Waals surface area contributed by atoms with Crippen molar-refractivity contribution >= 4 is 31.9 Å². The molecular formula is C12H22Br2O. The average Bonchev–Trinajstić information content (AvgIpc) is 2.72. The van der Waals surface area contributed by atoms with Crippen molar-refractivity contribution in [3.05, 3.63) is 0 Å². The zero-order chi connectivity index (χ0) is 11.3. The standard InChI is InChI=1S/C12H22Br2O/c1-10(2)12(8-13,9-14)6-5-11-4-3-7-15-11/h10-11H,3-9H2,1-2H3. The number of rotatable bonds is 6. The van der Waals surface area contributed by atoms with E-state index in [0.29, 0.717) is 17.4 Å². The molecule has 1 aliphatic rings. The number of hydrogen-bond donors (Lipinski definition) is 0. The van der Waals surface area contributed by atoms with Gasteiger partial charge in [0.25, 0.3) is 0 Å². The summed E-state index contributed by atoms with van der Waals surface area (Å²) in [6.07, 6.45) is 5.52. The summed E-state index contributed by atoms with van der Waals surface area (Å²) in [6.45, 7) is 5.61. The Morgan fingerprint density at radius 3 is 2.40 bits per heavy atom. The Bertz CT molecular complexity index is 172.